The topological polar surface area (TPSA) is 86.7 Å². The van der Waals surface area contributed by atoms with Gasteiger partial charge in [0, 0.05) is 0 Å². The Morgan fingerprint density at radius 3 is 1.77 bits per heavy atom. The smallest absolute Gasteiger partial charge is 0.200 e. The first kappa shape index (κ1) is 21.6. The largest absolute Gasteiger partial charge is 0.395 e. The summed E-state index contributed by atoms with van der Waals surface area (Å²) in [6.07, 6.45) is 18.2. The van der Waals surface area contributed by atoms with Gasteiger partial charge in [0.2, 0.25) is 5.79 Å². The average molecular weight is 315 g/mol. The van der Waals surface area contributed by atoms with E-state index in [1.165, 1.54) is 70.3 Å². The zero-order valence-corrected chi connectivity index (χ0v) is 14.3. The highest BCUT2D eigenvalue weighted by Crippen LogP contribution is 2.13. The Morgan fingerprint density at radius 1 is 0.864 bits per heavy atom. The molecule has 0 heterocycles. The molecule has 0 saturated carbocycles. The minimum Gasteiger partial charge on any atom is -0.395 e. The molecule has 0 fully saturated rings. The van der Waals surface area contributed by atoms with Crippen molar-refractivity contribution in [3.63, 3.8) is 0 Å². The second-order valence-corrected chi connectivity index (χ2v) is 6.30. The molecule has 0 radical (unpaired) electrons. The number of rotatable bonds is 15. The fourth-order valence-electron chi connectivity index (χ4n) is 2.44. The third-order valence-corrected chi connectivity index (χ3v) is 4.08. The first-order chi connectivity index (χ1) is 10.5. The first-order valence-corrected chi connectivity index (χ1v) is 9.03. The summed E-state index contributed by atoms with van der Waals surface area (Å²) < 4.78 is 0. The molecule has 0 spiro atoms. The van der Waals surface area contributed by atoms with Crippen molar-refractivity contribution in [1.82, 2.24) is 0 Å². The number of nitrogens with two attached hydrogens (primary N) is 1. The van der Waals surface area contributed by atoms with E-state index in [0.717, 1.165) is 12.8 Å². The van der Waals surface area contributed by atoms with Crippen LogP contribution < -0.4 is 5.73 Å². The zero-order valence-electron chi connectivity index (χ0n) is 14.3. The van der Waals surface area contributed by atoms with E-state index in [1.807, 2.05) is 0 Å². The summed E-state index contributed by atoms with van der Waals surface area (Å²) in [7, 11) is 0. The molecule has 0 bridgehead atoms. The Morgan fingerprint density at radius 2 is 1.32 bits per heavy atom. The highest BCUT2D eigenvalue weighted by atomic mass is 16.5. The SMILES string of the molecule is CCCCCCCCCCCCC/C=C/C(O)(O)C(N)CO. The van der Waals surface area contributed by atoms with Gasteiger partial charge in [-0.3, -0.25) is 0 Å². The van der Waals surface area contributed by atoms with Crippen LogP contribution in [0, 0.1) is 0 Å². The predicted octanol–water partition coefficient (Wildman–Crippen LogP) is 3.24. The van der Waals surface area contributed by atoms with E-state index < -0.39 is 18.4 Å². The highest BCUT2D eigenvalue weighted by Gasteiger charge is 2.27. The molecule has 0 aromatic carbocycles. The van der Waals surface area contributed by atoms with Crippen LogP contribution in [0.5, 0.6) is 0 Å². The van der Waals surface area contributed by atoms with Gasteiger partial charge in [0.25, 0.3) is 0 Å². The average Bonchev–Trinajstić information content (AvgIpc) is 2.50. The molecule has 1 unspecified atom stereocenters. The fourth-order valence-corrected chi connectivity index (χ4v) is 2.44. The van der Waals surface area contributed by atoms with Crippen molar-refractivity contribution in [2.45, 2.75) is 95.8 Å². The van der Waals surface area contributed by atoms with Crippen LogP contribution in [0.2, 0.25) is 0 Å². The van der Waals surface area contributed by atoms with E-state index in [0.29, 0.717) is 0 Å². The molecule has 0 amide bonds. The van der Waals surface area contributed by atoms with Crippen LogP contribution in [0.15, 0.2) is 12.2 Å². The Balaban J connectivity index is 3.36. The van der Waals surface area contributed by atoms with Crippen LogP contribution >= 0.6 is 0 Å². The van der Waals surface area contributed by atoms with E-state index in [-0.39, 0.29) is 0 Å². The molecule has 132 valence electrons. The van der Waals surface area contributed by atoms with E-state index in [9.17, 15) is 10.2 Å². The molecular weight excluding hydrogens is 278 g/mol. The number of aliphatic hydroxyl groups is 3. The predicted molar refractivity (Wildman–Crippen MR) is 92.4 cm³/mol. The molecule has 4 heteroatoms. The zero-order chi connectivity index (χ0) is 16.7. The molecule has 0 aromatic rings. The fraction of sp³-hybridized carbons (Fsp3) is 0.889. The Labute approximate surface area is 136 Å². The van der Waals surface area contributed by atoms with Crippen molar-refractivity contribution in [3.05, 3.63) is 12.2 Å². The van der Waals surface area contributed by atoms with Gasteiger partial charge >= 0.3 is 0 Å². The minimum atomic E-state index is -2.10. The standard InChI is InChI=1S/C18H37NO3/c1-2-3-4-5-6-7-8-9-10-11-12-13-14-15-18(21,22)17(19)16-20/h14-15,17,20-22H,2-13,16,19H2,1H3/b15-14+. The van der Waals surface area contributed by atoms with Crippen molar-refractivity contribution < 1.29 is 15.3 Å². The summed E-state index contributed by atoms with van der Waals surface area (Å²) in [6.45, 7) is 1.80. The van der Waals surface area contributed by atoms with Crippen molar-refractivity contribution in [2.24, 2.45) is 5.73 Å². The molecule has 5 N–H and O–H groups in total. The maximum absolute atomic E-state index is 9.54. The van der Waals surface area contributed by atoms with E-state index in [4.69, 9.17) is 10.8 Å². The van der Waals surface area contributed by atoms with Gasteiger partial charge in [-0.25, -0.2) is 0 Å². The van der Waals surface area contributed by atoms with Crippen LogP contribution in [-0.2, 0) is 0 Å². The number of hydrogen-bond donors (Lipinski definition) is 4. The third kappa shape index (κ3) is 12.2. The number of aliphatic hydroxyl groups excluding tert-OH is 1. The van der Waals surface area contributed by atoms with E-state index >= 15 is 0 Å². The van der Waals surface area contributed by atoms with Crippen molar-refractivity contribution in [3.8, 4) is 0 Å². The lowest BCUT2D eigenvalue weighted by molar-refractivity contribution is -0.142. The molecule has 0 aliphatic rings. The van der Waals surface area contributed by atoms with Crippen LogP contribution in [-0.4, -0.2) is 33.8 Å². The van der Waals surface area contributed by atoms with E-state index in [1.54, 1.807) is 6.08 Å². The molecule has 0 aliphatic carbocycles. The number of unbranched alkanes of at least 4 members (excludes halogenated alkanes) is 11. The molecular formula is C18H37NO3. The normalized spacial score (nSPS) is 13.9. The Bertz CT molecular complexity index is 267. The quantitative estimate of drug-likeness (QED) is 0.212. The summed E-state index contributed by atoms with van der Waals surface area (Å²) in [5.41, 5.74) is 5.40. The lowest BCUT2D eigenvalue weighted by Gasteiger charge is -2.23. The van der Waals surface area contributed by atoms with Crippen molar-refractivity contribution >= 4 is 0 Å². The number of hydrogen-bond acceptors (Lipinski definition) is 4. The second kappa shape index (κ2) is 14.2. The van der Waals surface area contributed by atoms with Gasteiger partial charge in [0.15, 0.2) is 0 Å². The van der Waals surface area contributed by atoms with Gasteiger partial charge in [-0.05, 0) is 18.9 Å². The highest BCUT2D eigenvalue weighted by molar-refractivity contribution is 4.99. The van der Waals surface area contributed by atoms with Gasteiger partial charge in [-0.1, -0.05) is 77.2 Å². The van der Waals surface area contributed by atoms with Crippen LogP contribution in [0.1, 0.15) is 84.0 Å². The molecule has 0 aliphatic heterocycles. The summed E-state index contributed by atoms with van der Waals surface area (Å²) in [6, 6.07) is -1.05. The lowest BCUT2D eigenvalue weighted by Crippen LogP contribution is -2.48. The molecule has 0 saturated heterocycles. The third-order valence-electron chi connectivity index (χ3n) is 4.08. The van der Waals surface area contributed by atoms with Crippen LogP contribution in [0.25, 0.3) is 0 Å². The monoisotopic (exact) mass is 315 g/mol. The second-order valence-electron chi connectivity index (χ2n) is 6.30. The number of allylic oxidation sites excluding steroid dienone is 1. The van der Waals surface area contributed by atoms with Gasteiger partial charge in [-0.2, -0.15) is 0 Å². The first-order valence-electron chi connectivity index (χ1n) is 9.03. The van der Waals surface area contributed by atoms with Gasteiger partial charge in [0.1, 0.15) is 0 Å². The molecule has 0 rings (SSSR count). The van der Waals surface area contributed by atoms with Crippen molar-refractivity contribution in [1.29, 1.82) is 0 Å². The van der Waals surface area contributed by atoms with Crippen molar-refractivity contribution in [2.75, 3.05) is 6.61 Å². The Hall–Kier alpha value is -0.420. The maximum atomic E-state index is 9.54. The molecule has 0 aromatic heterocycles. The molecule has 22 heavy (non-hydrogen) atoms. The van der Waals surface area contributed by atoms with Gasteiger partial charge in [-0.15, -0.1) is 0 Å². The van der Waals surface area contributed by atoms with E-state index in [2.05, 4.69) is 6.92 Å². The lowest BCUT2D eigenvalue weighted by atomic mass is 10.0. The minimum absolute atomic E-state index is 0.449. The summed E-state index contributed by atoms with van der Waals surface area (Å²) >= 11 is 0. The summed E-state index contributed by atoms with van der Waals surface area (Å²) in [5.74, 6) is -2.10. The summed E-state index contributed by atoms with van der Waals surface area (Å²) in [5, 5.41) is 27.9. The van der Waals surface area contributed by atoms with Crippen LogP contribution in [0.3, 0.4) is 0 Å². The molecule has 1 atom stereocenters. The summed E-state index contributed by atoms with van der Waals surface area (Å²) in [4.78, 5) is 0. The van der Waals surface area contributed by atoms with Gasteiger partial charge in [0.05, 0.1) is 12.6 Å². The van der Waals surface area contributed by atoms with Gasteiger partial charge < -0.3 is 21.1 Å². The Kier molecular flexibility index (Phi) is 13.9. The van der Waals surface area contributed by atoms with Crippen LogP contribution in [0.4, 0.5) is 0 Å². The maximum Gasteiger partial charge on any atom is 0.200 e. The molecule has 4 nitrogen and oxygen atoms in total.